The van der Waals surface area contributed by atoms with E-state index in [4.69, 9.17) is 14.2 Å². The molecule has 4 heteroatoms. The van der Waals surface area contributed by atoms with Gasteiger partial charge in [-0.3, -0.25) is 0 Å². The van der Waals surface area contributed by atoms with E-state index in [0.717, 1.165) is 35.8 Å². The molecule has 3 nitrogen and oxygen atoms in total. The second kappa shape index (κ2) is 5.98. The Kier molecular flexibility index (Phi) is 4.06. The summed E-state index contributed by atoms with van der Waals surface area (Å²) in [5.74, 6) is 2.62. The summed E-state index contributed by atoms with van der Waals surface area (Å²) in [4.78, 5) is 0.00880. The number of halogens is 1. The van der Waals surface area contributed by atoms with Gasteiger partial charge in [-0.25, -0.2) is 0 Å². The molecule has 2 aromatic rings. The molecule has 0 aromatic heterocycles. The SMILES string of the molecule is COc1cccc(OC)c1C(Br)c1ccc2c(c1)CCO2. The number of hydrogen-bond donors (Lipinski definition) is 0. The summed E-state index contributed by atoms with van der Waals surface area (Å²) >= 11 is 3.78. The molecule has 0 aliphatic carbocycles. The van der Waals surface area contributed by atoms with Crippen LogP contribution < -0.4 is 14.2 Å². The standard InChI is InChI=1S/C17H17BrO3/c1-19-14-4-3-5-15(20-2)16(14)17(18)12-6-7-13-11(10-12)8-9-21-13/h3-7,10,17H,8-9H2,1-2H3. The Balaban J connectivity index is 2.04. The van der Waals surface area contributed by atoms with Crippen LogP contribution in [0.2, 0.25) is 0 Å². The van der Waals surface area contributed by atoms with Crippen molar-refractivity contribution in [1.29, 1.82) is 0 Å². The summed E-state index contributed by atoms with van der Waals surface area (Å²) in [6.07, 6.45) is 0.964. The molecule has 1 heterocycles. The molecule has 2 aromatic carbocycles. The van der Waals surface area contributed by atoms with Crippen molar-refractivity contribution in [3.63, 3.8) is 0 Å². The average Bonchev–Trinajstić information content (AvgIpc) is 3.00. The molecule has 0 saturated heterocycles. The number of ether oxygens (including phenoxy) is 3. The van der Waals surface area contributed by atoms with Gasteiger partial charge in [-0.05, 0) is 29.3 Å². The van der Waals surface area contributed by atoms with Crippen molar-refractivity contribution in [2.24, 2.45) is 0 Å². The minimum atomic E-state index is 0.00880. The predicted octanol–water partition coefficient (Wildman–Crippen LogP) is 4.12. The van der Waals surface area contributed by atoms with Gasteiger partial charge in [-0.2, -0.15) is 0 Å². The molecule has 0 fully saturated rings. The number of benzene rings is 2. The Bertz CT molecular complexity index is 632. The highest BCUT2D eigenvalue weighted by molar-refractivity contribution is 9.09. The van der Waals surface area contributed by atoms with Crippen LogP contribution in [0.25, 0.3) is 0 Å². The lowest BCUT2D eigenvalue weighted by Gasteiger charge is -2.18. The summed E-state index contributed by atoms with van der Waals surface area (Å²) in [5, 5.41) is 0. The molecule has 1 atom stereocenters. The molecule has 0 N–H and O–H groups in total. The van der Waals surface area contributed by atoms with Crippen molar-refractivity contribution in [3.05, 3.63) is 53.1 Å². The summed E-state index contributed by atoms with van der Waals surface area (Å²) in [5.41, 5.74) is 3.43. The molecule has 1 aliphatic heterocycles. The molecule has 0 spiro atoms. The molecule has 0 bridgehead atoms. The average molecular weight is 349 g/mol. The topological polar surface area (TPSA) is 27.7 Å². The number of alkyl halides is 1. The maximum atomic E-state index is 5.56. The van der Waals surface area contributed by atoms with Gasteiger partial charge in [-0.15, -0.1) is 0 Å². The molecule has 0 radical (unpaired) electrons. The minimum Gasteiger partial charge on any atom is -0.496 e. The quantitative estimate of drug-likeness (QED) is 0.777. The fraction of sp³-hybridized carbons (Fsp3) is 0.294. The van der Waals surface area contributed by atoms with Crippen LogP contribution in [0, 0.1) is 0 Å². The van der Waals surface area contributed by atoms with Crippen molar-refractivity contribution in [2.75, 3.05) is 20.8 Å². The number of fused-ring (bicyclic) bond motifs is 1. The molecule has 0 amide bonds. The van der Waals surface area contributed by atoms with Crippen LogP contribution in [0.15, 0.2) is 36.4 Å². The van der Waals surface area contributed by atoms with Gasteiger partial charge in [-0.1, -0.05) is 34.1 Å². The van der Waals surface area contributed by atoms with Gasteiger partial charge >= 0.3 is 0 Å². The zero-order valence-corrected chi connectivity index (χ0v) is 13.6. The molecule has 0 saturated carbocycles. The molecular formula is C17H17BrO3. The number of methoxy groups -OCH3 is 2. The third-order valence-corrected chi connectivity index (χ3v) is 4.71. The van der Waals surface area contributed by atoms with Gasteiger partial charge in [0.15, 0.2) is 0 Å². The van der Waals surface area contributed by atoms with Gasteiger partial charge < -0.3 is 14.2 Å². The summed E-state index contributed by atoms with van der Waals surface area (Å²) in [7, 11) is 3.35. The summed E-state index contributed by atoms with van der Waals surface area (Å²) < 4.78 is 16.5. The van der Waals surface area contributed by atoms with Crippen molar-refractivity contribution in [2.45, 2.75) is 11.2 Å². The zero-order chi connectivity index (χ0) is 14.8. The largest absolute Gasteiger partial charge is 0.496 e. The Labute approximate surface area is 133 Å². The first-order valence-electron chi connectivity index (χ1n) is 6.85. The molecule has 110 valence electrons. The van der Waals surface area contributed by atoms with Gasteiger partial charge in [0.05, 0.1) is 31.2 Å². The van der Waals surface area contributed by atoms with Crippen LogP contribution in [0.3, 0.4) is 0 Å². The molecule has 21 heavy (non-hydrogen) atoms. The first-order chi connectivity index (χ1) is 10.2. The third kappa shape index (κ3) is 2.60. The highest BCUT2D eigenvalue weighted by Crippen LogP contribution is 2.43. The van der Waals surface area contributed by atoms with Gasteiger partial charge in [0.2, 0.25) is 0 Å². The maximum Gasteiger partial charge on any atom is 0.127 e. The van der Waals surface area contributed by atoms with E-state index in [1.807, 2.05) is 24.3 Å². The van der Waals surface area contributed by atoms with Gasteiger partial charge in [0.1, 0.15) is 17.2 Å². The highest BCUT2D eigenvalue weighted by Gasteiger charge is 2.22. The van der Waals surface area contributed by atoms with E-state index >= 15 is 0 Å². The van der Waals surface area contributed by atoms with Crippen LogP contribution >= 0.6 is 15.9 Å². The normalized spacial score (nSPS) is 14.2. The Morgan fingerprint density at radius 1 is 1.10 bits per heavy atom. The lowest BCUT2D eigenvalue weighted by Crippen LogP contribution is -2.01. The Morgan fingerprint density at radius 2 is 1.81 bits per heavy atom. The van der Waals surface area contributed by atoms with Crippen molar-refractivity contribution < 1.29 is 14.2 Å². The van der Waals surface area contributed by atoms with Gasteiger partial charge in [0.25, 0.3) is 0 Å². The van der Waals surface area contributed by atoms with Crippen LogP contribution in [0.1, 0.15) is 21.5 Å². The summed E-state index contributed by atoms with van der Waals surface area (Å²) in [6, 6.07) is 12.1. The highest BCUT2D eigenvalue weighted by atomic mass is 79.9. The van der Waals surface area contributed by atoms with E-state index in [1.54, 1.807) is 14.2 Å². The first kappa shape index (κ1) is 14.3. The lowest BCUT2D eigenvalue weighted by atomic mass is 10.00. The van der Waals surface area contributed by atoms with E-state index in [0.29, 0.717) is 0 Å². The molecule has 1 aliphatic rings. The summed E-state index contributed by atoms with van der Waals surface area (Å²) in [6.45, 7) is 0.768. The molecular weight excluding hydrogens is 332 g/mol. The Hall–Kier alpha value is -1.68. The monoisotopic (exact) mass is 348 g/mol. The van der Waals surface area contributed by atoms with Crippen molar-refractivity contribution in [1.82, 2.24) is 0 Å². The number of rotatable bonds is 4. The first-order valence-corrected chi connectivity index (χ1v) is 7.76. The van der Waals surface area contributed by atoms with Crippen molar-refractivity contribution in [3.8, 4) is 17.2 Å². The molecule has 3 rings (SSSR count). The fourth-order valence-electron chi connectivity index (χ4n) is 2.66. The third-order valence-electron chi connectivity index (χ3n) is 3.73. The Morgan fingerprint density at radius 3 is 2.48 bits per heavy atom. The van der Waals surface area contributed by atoms with Crippen LogP contribution in [-0.4, -0.2) is 20.8 Å². The van der Waals surface area contributed by atoms with Gasteiger partial charge in [0, 0.05) is 6.42 Å². The fourth-order valence-corrected chi connectivity index (χ4v) is 3.40. The lowest BCUT2D eigenvalue weighted by molar-refractivity contribution is 0.357. The number of hydrogen-bond acceptors (Lipinski definition) is 3. The van der Waals surface area contributed by atoms with Crippen LogP contribution in [0.5, 0.6) is 17.2 Å². The van der Waals surface area contributed by atoms with E-state index < -0.39 is 0 Å². The predicted molar refractivity (Wildman–Crippen MR) is 86.0 cm³/mol. The van der Waals surface area contributed by atoms with Crippen molar-refractivity contribution >= 4 is 15.9 Å². The van der Waals surface area contributed by atoms with E-state index in [9.17, 15) is 0 Å². The minimum absolute atomic E-state index is 0.00880. The van der Waals surface area contributed by atoms with Crippen LogP contribution in [0.4, 0.5) is 0 Å². The van der Waals surface area contributed by atoms with E-state index in [-0.39, 0.29) is 4.83 Å². The van der Waals surface area contributed by atoms with E-state index in [2.05, 4.69) is 28.1 Å². The second-order valence-corrected chi connectivity index (χ2v) is 5.82. The second-order valence-electron chi connectivity index (χ2n) is 4.90. The smallest absolute Gasteiger partial charge is 0.127 e. The van der Waals surface area contributed by atoms with Crippen LogP contribution in [-0.2, 0) is 6.42 Å². The van der Waals surface area contributed by atoms with E-state index in [1.165, 1.54) is 11.1 Å². The maximum absolute atomic E-state index is 5.56. The zero-order valence-electron chi connectivity index (χ0n) is 12.1. The molecule has 1 unspecified atom stereocenters.